The predicted octanol–water partition coefficient (Wildman–Crippen LogP) is 2.89. The van der Waals surface area contributed by atoms with Crippen molar-refractivity contribution >= 4 is 27.7 Å². The van der Waals surface area contributed by atoms with E-state index in [1.54, 1.807) is 21.4 Å². The first-order valence-corrected chi connectivity index (χ1v) is 16.5. The van der Waals surface area contributed by atoms with Gasteiger partial charge in [-0.15, -0.1) is 6.42 Å². The maximum absolute atomic E-state index is 14.4. The maximum atomic E-state index is 14.4. The highest BCUT2D eigenvalue weighted by molar-refractivity contribution is 9.10. The zero-order chi connectivity index (χ0) is 39.1. The van der Waals surface area contributed by atoms with Crippen molar-refractivity contribution in [1.82, 2.24) is 19.1 Å². The molecule has 2 atom stereocenters. The van der Waals surface area contributed by atoms with Crippen LogP contribution < -0.4 is 20.9 Å². The van der Waals surface area contributed by atoms with Crippen molar-refractivity contribution in [3.05, 3.63) is 69.7 Å². The summed E-state index contributed by atoms with van der Waals surface area (Å²) < 4.78 is 52.3. The Balaban J connectivity index is 0.000000203. The Labute approximate surface area is 312 Å². The predicted molar refractivity (Wildman–Crippen MR) is 192 cm³/mol. The van der Waals surface area contributed by atoms with Gasteiger partial charge < -0.3 is 49.8 Å². The number of halogens is 3. The first-order chi connectivity index (χ1) is 25.0. The van der Waals surface area contributed by atoms with Crippen LogP contribution in [0.4, 0.5) is 8.78 Å². The lowest BCUT2D eigenvalue weighted by Crippen LogP contribution is -2.27. The molecule has 4 aromatic rings. The van der Waals surface area contributed by atoms with Crippen LogP contribution in [-0.2, 0) is 22.6 Å². The largest absolute Gasteiger partial charge is 0.491 e. The average Bonchev–Trinajstić information content (AvgIpc) is 3.63. The highest BCUT2D eigenvalue weighted by atomic mass is 79.9. The molecule has 6 rings (SSSR count). The Morgan fingerprint density at radius 2 is 1.36 bits per heavy atom. The minimum absolute atomic E-state index is 0.0119. The van der Waals surface area contributed by atoms with Crippen LogP contribution in [0.3, 0.4) is 0 Å². The first-order valence-electron chi connectivity index (χ1n) is 15.8. The number of amides is 2. The van der Waals surface area contributed by atoms with Crippen molar-refractivity contribution in [2.45, 2.75) is 38.1 Å². The lowest BCUT2D eigenvalue weighted by Gasteiger charge is -2.14. The van der Waals surface area contributed by atoms with Gasteiger partial charge in [-0.05, 0) is 41.9 Å². The molecule has 17 heteroatoms. The highest BCUT2D eigenvalue weighted by Gasteiger charge is 2.24. The SMILES string of the molecule is C#CC(C)(O)COC.COCC(C)(O)C#Cc1cc2c(cc1F)OCCn1cc(C(N)=O)nc1-2.NC(=O)c1cn2c(n1)-c1cc(Br)c(F)cc1OCC2. The second-order valence-electron chi connectivity index (χ2n) is 12.1. The lowest BCUT2D eigenvalue weighted by molar-refractivity contribution is 0.0273. The number of methoxy groups -OCH3 is 2. The Bertz CT molecular complexity index is 2110. The molecule has 0 spiro atoms. The van der Waals surface area contributed by atoms with Gasteiger partial charge in [0.05, 0.1) is 47.5 Å². The molecular formula is C36H37BrF2N6O8. The molecule has 280 valence electrons. The summed E-state index contributed by atoms with van der Waals surface area (Å²) in [5, 5.41) is 19.0. The van der Waals surface area contributed by atoms with Crippen LogP contribution >= 0.6 is 15.9 Å². The molecule has 2 aliphatic heterocycles. The van der Waals surface area contributed by atoms with Crippen LogP contribution in [0.5, 0.6) is 11.5 Å². The van der Waals surface area contributed by atoms with Crippen LogP contribution in [0.1, 0.15) is 40.4 Å². The standard InChI is InChI=1S/C18H18FN3O4.C12H9BrFN3O2.C6H10O2/c1-18(24,10-25-2)4-3-11-7-12-15(8-13(11)19)26-6-5-22-9-14(16(20)23)21-17(12)22;13-7-3-6-10(4-8(7)14)19-2-1-17-5-9(11(15)18)16-12(6)17;1-4-6(2,7)5-8-3/h7-9,24H,5-6,10H2,1-2H3,(H2,20,23);3-5H,1-2H2,(H2,15,18);1,7H,5H2,2-3H3. The van der Waals surface area contributed by atoms with Crippen LogP contribution in [0.25, 0.3) is 22.8 Å². The number of carbonyl (C=O) groups excluding carboxylic acids is 2. The number of rotatable bonds is 6. The summed E-state index contributed by atoms with van der Waals surface area (Å²) in [5.41, 5.74) is 9.49. The van der Waals surface area contributed by atoms with E-state index in [1.165, 1.54) is 52.5 Å². The van der Waals surface area contributed by atoms with E-state index >= 15 is 0 Å². The molecule has 0 saturated heterocycles. The summed E-state index contributed by atoms with van der Waals surface area (Å²) in [6.07, 6.45) is 8.03. The zero-order valence-electron chi connectivity index (χ0n) is 29.2. The summed E-state index contributed by atoms with van der Waals surface area (Å²) in [7, 11) is 2.93. The average molecular weight is 800 g/mol. The maximum Gasteiger partial charge on any atom is 0.268 e. The number of hydrogen-bond donors (Lipinski definition) is 4. The van der Waals surface area contributed by atoms with E-state index in [-0.39, 0.29) is 30.2 Å². The highest BCUT2D eigenvalue weighted by Crippen LogP contribution is 2.36. The van der Waals surface area contributed by atoms with Gasteiger partial charge in [0.25, 0.3) is 11.8 Å². The van der Waals surface area contributed by atoms with E-state index in [0.717, 1.165) is 0 Å². The molecule has 14 nitrogen and oxygen atoms in total. The summed E-state index contributed by atoms with van der Waals surface area (Å²) >= 11 is 3.13. The molecule has 0 aliphatic carbocycles. The van der Waals surface area contributed by atoms with E-state index in [4.69, 9.17) is 37.2 Å². The third-order valence-electron chi connectivity index (χ3n) is 7.44. The Kier molecular flexibility index (Phi) is 13.0. The van der Waals surface area contributed by atoms with Crippen molar-refractivity contribution in [3.8, 4) is 58.5 Å². The molecule has 0 saturated carbocycles. The number of fused-ring (bicyclic) bond motifs is 6. The minimum Gasteiger partial charge on any atom is -0.491 e. The van der Waals surface area contributed by atoms with Crippen molar-refractivity contribution in [2.75, 3.05) is 40.6 Å². The molecule has 0 radical (unpaired) electrons. The van der Waals surface area contributed by atoms with Crippen LogP contribution in [-0.4, -0.2) is 93.0 Å². The molecule has 2 aromatic carbocycles. The van der Waals surface area contributed by atoms with Gasteiger partial charge in [0.1, 0.15) is 70.6 Å². The molecular weight excluding hydrogens is 762 g/mol. The number of ether oxygens (including phenoxy) is 4. The number of aliphatic hydroxyl groups is 2. The molecule has 4 heterocycles. The molecule has 2 unspecified atom stereocenters. The molecule has 2 aromatic heterocycles. The summed E-state index contributed by atoms with van der Waals surface area (Å²) in [6, 6.07) is 5.58. The van der Waals surface area contributed by atoms with Crippen molar-refractivity contribution in [3.63, 3.8) is 0 Å². The van der Waals surface area contributed by atoms with Gasteiger partial charge in [-0.3, -0.25) is 9.59 Å². The summed E-state index contributed by atoms with van der Waals surface area (Å²) in [5.74, 6) is 6.85. The van der Waals surface area contributed by atoms with E-state index in [0.29, 0.717) is 65.1 Å². The van der Waals surface area contributed by atoms with Gasteiger partial charge >= 0.3 is 0 Å². The first kappa shape index (κ1) is 40.5. The summed E-state index contributed by atoms with van der Waals surface area (Å²) in [6.45, 7) is 4.79. The number of carbonyl (C=O) groups is 2. The van der Waals surface area contributed by atoms with E-state index in [9.17, 15) is 23.5 Å². The molecule has 6 N–H and O–H groups in total. The second kappa shape index (κ2) is 17.0. The minimum atomic E-state index is -1.41. The molecule has 0 fully saturated rings. The van der Waals surface area contributed by atoms with E-state index in [1.807, 2.05) is 0 Å². The van der Waals surface area contributed by atoms with Crippen molar-refractivity contribution in [2.24, 2.45) is 11.5 Å². The topological polar surface area (TPSA) is 199 Å². The number of imidazole rings is 2. The van der Waals surface area contributed by atoms with Gasteiger partial charge in [-0.1, -0.05) is 17.8 Å². The molecule has 2 aliphatic rings. The van der Waals surface area contributed by atoms with E-state index in [2.05, 4.69) is 48.4 Å². The van der Waals surface area contributed by atoms with Gasteiger partial charge in [0.15, 0.2) is 0 Å². The van der Waals surface area contributed by atoms with Gasteiger partial charge in [0, 0.05) is 38.7 Å². The normalized spacial score (nSPS) is 14.5. The lowest BCUT2D eigenvalue weighted by atomic mass is 10.1. The number of primary amides is 2. The molecule has 53 heavy (non-hydrogen) atoms. The molecule has 2 amide bonds. The monoisotopic (exact) mass is 798 g/mol. The second-order valence-corrected chi connectivity index (χ2v) is 13.0. The Morgan fingerprint density at radius 3 is 1.81 bits per heavy atom. The quantitative estimate of drug-likeness (QED) is 0.211. The number of hydrogen-bond acceptors (Lipinski definition) is 10. The van der Waals surface area contributed by atoms with Crippen molar-refractivity contribution < 1.29 is 47.5 Å². The smallest absolute Gasteiger partial charge is 0.268 e. The van der Waals surface area contributed by atoms with Crippen molar-refractivity contribution in [1.29, 1.82) is 0 Å². The number of aromatic nitrogens is 4. The number of terminal acetylenes is 1. The van der Waals surface area contributed by atoms with Gasteiger partial charge in [0.2, 0.25) is 0 Å². The summed E-state index contributed by atoms with van der Waals surface area (Å²) in [4.78, 5) is 31.0. The third-order valence-corrected chi connectivity index (χ3v) is 8.05. The Hall–Kier alpha value is -5.30. The van der Waals surface area contributed by atoms with Gasteiger partial charge in [-0.25, -0.2) is 18.7 Å². The fraction of sp³-hybridized carbons (Fsp3) is 0.333. The van der Waals surface area contributed by atoms with Crippen LogP contribution in [0, 0.1) is 35.8 Å². The Morgan fingerprint density at radius 1 is 0.887 bits per heavy atom. The van der Waals surface area contributed by atoms with Crippen LogP contribution in [0.15, 0.2) is 41.1 Å². The third kappa shape index (κ3) is 10.2. The zero-order valence-corrected chi connectivity index (χ0v) is 30.8. The van der Waals surface area contributed by atoms with Gasteiger partial charge in [-0.2, -0.15) is 0 Å². The van der Waals surface area contributed by atoms with Crippen LogP contribution in [0.2, 0.25) is 0 Å². The van der Waals surface area contributed by atoms with E-state index < -0.39 is 34.7 Å². The molecule has 0 bridgehead atoms. The fourth-order valence-corrected chi connectivity index (χ4v) is 5.30. The number of nitrogens with two attached hydrogens (primary N) is 2. The number of nitrogens with zero attached hydrogens (tertiary/aromatic N) is 4. The number of benzene rings is 2. The fourth-order valence-electron chi connectivity index (χ4n) is 4.96.